The van der Waals surface area contributed by atoms with Gasteiger partial charge in [0.25, 0.3) is 0 Å². The fourth-order valence-electron chi connectivity index (χ4n) is 3.22. The number of aromatic nitrogens is 2. The van der Waals surface area contributed by atoms with Crippen molar-refractivity contribution >= 4 is 38.7 Å². The van der Waals surface area contributed by atoms with Gasteiger partial charge < -0.3 is 0 Å². The number of hydrogen-bond donors (Lipinski definition) is 0. The number of carbonyl (C=O) groups excluding carboxylic acids is 1. The Morgan fingerprint density at radius 1 is 1.04 bits per heavy atom. The maximum atomic E-state index is 13.0. The molecule has 0 unspecified atom stereocenters. The van der Waals surface area contributed by atoms with Gasteiger partial charge in [-0.05, 0) is 42.8 Å². The highest BCUT2D eigenvalue weighted by Gasteiger charge is 2.36. The Balaban J connectivity index is 1.72. The first-order valence-electron chi connectivity index (χ1n) is 8.42. The highest BCUT2D eigenvalue weighted by molar-refractivity contribution is 7.92. The third kappa shape index (κ3) is 3.13. The lowest BCUT2D eigenvalue weighted by atomic mass is 10.2. The predicted octanol–water partition coefficient (Wildman–Crippen LogP) is 3.83. The minimum absolute atomic E-state index is 0.0889. The van der Waals surface area contributed by atoms with Gasteiger partial charge in [-0.1, -0.05) is 23.7 Å². The molecule has 27 heavy (non-hydrogen) atoms. The fourth-order valence-corrected chi connectivity index (χ4v) is 4.98. The van der Waals surface area contributed by atoms with Crippen LogP contribution in [0.5, 0.6) is 0 Å². The Labute approximate surface area is 161 Å². The lowest BCUT2D eigenvalue weighted by Gasteiger charge is -2.31. The molecule has 8 heteroatoms. The smallest absolute Gasteiger partial charge is 0.231 e. The van der Waals surface area contributed by atoms with E-state index in [1.54, 1.807) is 29.1 Å². The van der Waals surface area contributed by atoms with Gasteiger partial charge in [-0.15, -0.1) is 0 Å². The largest absolute Gasteiger partial charge is 0.278 e. The summed E-state index contributed by atoms with van der Waals surface area (Å²) in [6.45, 7) is 0.606. The van der Waals surface area contributed by atoms with Crippen LogP contribution in [0.15, 0.2) is 70.7 Å². The number of anilines is 2. The molecule has 1 amide bonds. The molecule has 1 aliphatic rings. The number of fused-ring (bicyclic) bond motifs is 2. The first-order chi connectivity index (χ1) is 13.0. The van der Waals surface area contributed by atoms with Gasteiger partial charge in [0.2, 0.25) is 15.7 Å². The zero-order valence-electron chi connectivity index (χ0n) is 14.2. The Hall–Kier alpha value is -2.64. The van der Waals surface area contributed by atoms with Gasteiger partial charge in [0, 0.05) is 30.4 Å². The minimum Gasteiger partial charge on any atom is -0.278 e. The minimum atomic E-state index is -3.71. The van der Waals surface area contributed by atoms with Crippen molar-refractivity contribution in [3.63, 3.8) is 0 Å². The molecular weight excluding hydrogens is 386 g/mol. The molecule has 0 N–H and O–H groups in total. The van der Waals surface area contributed by atoms with Crippen molar-refractivity contribution in [1.82, 2.24) is 9.78 Å². The van der Waals surface area contributed by atoms with Crippen molar-refractivity contribution in [2.24, 2.45) is 0 Å². The maximum absolute atomic E-state index is 13.0. The van der Waals surface area contributed by atoms with Crippen LogP contribution < -0.4 is 4.90 Å². The quantitative estimate of drug-likeness (QED) is 0.666. The number of amides is 1. The molecule has 138 valence electrons. The number of hydrogen-bond acceptors (Lipinski definition) is 4. The summed E-state index contributed by atoms with van der Waals surface area (Å²) in [6.07, 6.45) is 4.36. The number of carbonyl (C=O) groups is 1. The third-order valence-corrected chi connectivity index (χ3v) is 6.52. The second-order valence-electron chi connectivity index (χ2n) is 6.19. The van der Waals surface area contributed by atoms with Crippen molar-refractivity contribution in [3.8, 4) is 0 Å². The lowest BCUT2D eigenvalue weighted by molar-refractivity contribution is -0.118. The van der Waals surface area contributed by atoms with E-state index in [4.69, 9.17) is 11.6 Å². The zero-order chi connectivity index (χ0) is 19.0. The molecule has 1 aliphatic heterocycles. The third-order valence-electron chi connectivity index (χ3n) is 4.43. The number of sulfone groups is 1. The van der Waals surface area contributed by atoms with Crippen LogP contribution in [-0.2, 0) is 21.2 Å². The summed E-state index contributed by atoms with van der Waals surface area (Å²) in [7, 11) is -3.71. The topological polar surface area (TPSA) is 72.3 Å². The highest BCUT2D eigenvalue weighted by Crippen LogP contribution is 2.45. The average molecular weight is 402 g/mol. The monoisotopic (exact) mass is 401 g/mol. The van der Waals surface area contributed by atoms with Crippen molar-refractivity contribution in [1.29, 1.82) is 0 Å². The van der Waals surface area contributed by atoms with Crippen LogP contribution in [0.2, 0.25) is 5.02 Å². The van der Waals surface area contributed by atoms with Gasteiger partial charge in [-0.25, -0.2) is 8.42 Å². The number of rotatable bonds is 4. The fraction of sp³-hybridized carbons (Fsp3) is 0.158. The molecule has 4 rings (SSSR count). The molecular formula is C19H16ClN3O3S. The number of para-hydroxylation sites is 1. The van der Waals surface area contributed by atoms with E-state index in [-0.39, 0.29) is 22.1 Å². The van der Waals surface area contributed by atoms with Crippen molar-refractivity contribution < 1.29 is 13.2 Å². The molecule has 0 bridgehead atoms. The molecule has 3 aromatic rings. The average Bonchev–Trinajstić information content (AvgIpc) is 3.15. The van der Waals surface area contributed by atoms with Gasteiger partial charge in [0.05, 0.1) is 21.2 Å². The van der Waals surface area contributed by atoms with Gasteiger partial charge in [0.15, 0.2) is 0 Å². The van der Waals surface area contributed by atoms with Crippen LogP contribution >= 0.6 is 11.6 Å². The molecule has 0 radical (unpaired) electrons. The number of nitrogens with zero attached hydrogens (tertiary/aromatic N) is 3. The molecule has 2 aromatic carbocycles. The second kappa shape index (κ2) is 6.83. The summed E-state index contributed by atoms with van der Waals surface area (Å²) in [5.41, 5.74) is 0.654. The van der Waals surface area contributed by atoms with Gasteiger partial charge in [0.1, 0.15) is 0 Å². The molecule has 6 nitrogen and oxygen atoms in total. The number of halogens is 1. The second-order valence-corrected chi connectivity index (χ2v) is 8.51. The Morgan fingerprint density at radius 2 is 1.81 bits per heavy atom. The summed E-state index contributed by atoms with van der Waals surface area (Å²) in [4.78, 5) is 14.7. The lowest BCUT2D eigenvalue weighted by Crippen LogP contribution is -2.31. The Kier molecular flexibility index (Phi) is 4.49. The van der Waals surface area contributed by atoms with E-state index < -0.39 is 9.84 Å². The van der Waals surface area contributed by atoms with Crippen molar-refractivity contribution in [2.45, 2.75) is 29.2 Å². The van der Waals surface area contributed by atoms with E-state index in [0.717, 1.165) is 0 Å². The van der Waals surface area contributed by atoms with Crippen LogP contribution in [0, 0.1) is 0 Å². The van der Waals surface area contributed by atoms with Gasteiger partial charge in [-0.2, -0.15) is 5.10 Å². The number of aryl methyl sites for hydroxylation is 1. The Bertz CT molecular complexity index is 1110. The van der Waals surface area contributed by atoms with Crippen LogP contribution in [0.25, 0.3) is 0 Å². The van der Waals surface area contributed by atoms with Crippen LogP contribution in [0.3, 0.4) is 0 Å². The van der Waals surface area contributed by atoms with E-state index in [9.17, 15) is 13.2 Å². The van der Waals surface area contributed by atoms with E-state index in [0.29, 0.717) is 29.4 Å². The van der Waals surface area contributed by atoms with E-state index in [2.05, 4.69) is 5.10 Å². The van der Waals surface area contributed by atoms with Crippen LogP contribution in [0.4, 0.5) is 11.4 Å². The molecule has 0 saturated heterocycles. The number of benzene rings is 2. The van der Waals surface area contributed by atoms with Crippen molar-refractivity contribution in [3.05, 3.63) is 65.9 Å². The van der Waals surface area contributed by atoms with E-state index in [1.165, 1.54) is 29.2 Å². The normalized spacial score (nSPS) is 14.5. The first-order valence-corrected chi connectivity index (χ1v) is 10.3. The summed E-state index contributed by atoms with van der Waals surface area (Å²) in [5.74, 6) is -0.187. The maximum Gasteiger partial charge on any atom is 0.231 e. The molecule has 0 spiro atoms. The standard InChI is InChI=1S/C19H16ClN3O3S/c20-14-8-9-18-16(13-14)23(15-5-1-2-6-17(15)27(18,25)26)19(24)7-3-11-22-12-4-10-21-22/h1-2,4-6,8-10,12-13H,3,7,11H2. The van der Waals surface area contributed by atoms with Crippen molar-refractivity contribution in [2.75, 3.05) is 4.90 Å². The molecule has 2 heterocycles. The van der Waals surface area contributed by atoms with E-state index in [1.807, 2.05) is 12.3 Å². The highest BCUT2D eigenvalue weighted by atomic mass is 35.5. The molecule has 0 aliphatic carbocycles. The summed E-state index contributed by atoms with van der Waals surface area (Å²) >= 11 is 6.09. The molecule has 1 aromatic heterocycles. The Morgan fingerprint density at radius 3 is 2.59 bits per heavy atom. The predicted molar refractivity (Wildman–Crippen MR) is 102 cm³/mol. The SMILES string of the molecule is O=C(CCCn1cccn1)N1c2ccccc2S(=O)(=O)c2ccc(Cl)cc21. The summed E-state index contributed by atoms with van der Waals surface area (Å²) in [6, 6.07) is 12.8. The first kappa shape index (κ1) is 17.8. The summed E-state index contributed by atoms with van der Waals surface area (Å²) < 4.78 is 27.7. The van der Waals surface area contributed by atoms with Gasteiger partial charge in [-0.3, -0.25) is 14.4 Å². The van der Waals surface area contributed by atoms with Crippen LogP contribution in [-0.4, -0.2) is 24.1 Å². The summed E-state index contributed by atoms with van der Waals surface area (Å²) in [5, 5.41) is 4.50. The zero-order valence-corrected chi connectivity index (χ0v) is 15.8. The molecule has 0 saturated carbocycles. The molecule has 0 fully saturated rings. The van der Waals surface area contributed by atoms with Crippen LogP contribution in [0.1, 0.15) is 12.8 Å². The molecule has 0 atom stereocenters. The van der Waals surface area contributed by atoms with Gasteiger partial charge >= 0.3 is 0 Å². The van der Waals surface area contributed by atoms with E-state index >= 15 is 0 Å².